The first kappa shape index (κ1) is 50.8. The fourth-order valence-electron chi connectivity index (χ4n) is 5.88. The monoisotopic (exact) mass is 760 g/mol. The van der Waals surface area contributed by atoms with Gasteiger partial charge < -0.3 is 27.9 Å². The standard InChI is InChI=1S/C42H82NO8P/c1-6-8-10-12-14-16-18-20-22-24-26-28-30-32-34-41(44)48-38-40(39-50-52(46,47)49-37-36-43(3,4)5)51-42(45)35-33-31-29-27-25-23-21-19-17-15-13-11-9-7-2/h18,20,40H,6-17,19,21-39H2,1-5H3/b20-18+/t40-/m1/s1. The lowest BCUT2D eigenvalue weighted by Crippen LogP contribution is -2.37. The van der Waals surface area contributed by atoms with Gasteiger partial charge in [-0.3, -0.25) is 14.2 Å². The minimum Gasteiger partial charge on any atom is -0.756 e. The van der Waals surface area contributed by atoms with Crippen LogP contribution in [0.2, 0.25) is 0 Å². The Morgan fingerprint density at radius 2 is 0.981 bits per heavy atom. The molecule has 0 aliphatic carbocycles. The van der Waals surface area contributed by atoms with Crippen LogP contribution in [0.4, 0.5) is 0 Å². The lowest BCUT2D eigenvalue weighted by molar-refractivity contribution is -0.870. The second kappa shape index (κ2) is 35.5. The van der Waals surface area contributed by atoms with E-state index in [0.29, 0.717) is 17.4 Å². The van der Waals surface area contributed by atoms with Crippen molar-refractivity contribution in [2.24, 2.45) is 0 Å². The summed E-state index contributed by atoms with van der Waals surface area (Å²) in [6.45, 7) is 4.22. The first-order valence-electron chi connectivity index (χ1n) is 21.4. The highest BCUT2D eigenvalue weighted by Crippen LogP contribution is 2.38. The molecule has 10 heteroatoms. The van der Waals surface area contributed by atoms with Crippen LogP contribution in [-0.4, -0.2) is 70.0 Å². The molecule has 0 aliphatic rings. The third-order valence-corrected chi connectivity index (χ3v) is 10.2. The maximum atomic E-state index is 12.6. The Labute approximate surface area is 320 Å². The van der Waals surface area contributed by atoms with Crippen molar-refractivity contribution >= 4 is 19.8 Å². The van der Waals surface area contributed by atoms with Crippen molar-refractivity contribution in [3.05, 3.63) is 12.2 Å². The Bertz CT molecular complexity index is 907. The minimum absolute atomic E-state index is 0.0290. The summed E-state index contributed by atoms with van der Waals surface area (Å²) in [6, 6.07) is 0. The van der Waals surface area contributed by atoms with Crippen LogP contribution in [0.1, 0.15) is 194 Å². The Morgan fingerprint density at radius 3 is 1.42 bits per heavy atom. The summed E-state index contributed by atoms with van der Waals surface area (Å²) < 4.78 is 33.8. The highest BCUT2D eigenvalue weighted by atomic mass is 31.2. The van der Waals surface area contributed by atoms with Crippen molar-refractivity contribution in [2.45, 2.75) is 200 Å². The van der Waals surface area contributed by atoms with Crippen LogP contribution in [-0.2, 0) is 32.7 Å². The van der Waals surface area contributed by atoms with E-state index in [1.165, 1.54) is 109 Å². The number of rotatable bonds is 39. The second-order valence-electron chi connectivity index (χ2n) is 15.7. The molecule has 308 valence electrons. The number of unbranched alkanes of at least 4 members (excludes halogenated alkanes) is 23. The highest BCUT2D eigenvalue weighted by molar-refractivity contribution is 7.45. The van der Waals surface area contributed by atoms with Gasteiger partial charge in [0.15, 0.2) is 6.10 Å². The van der Waals surface area contributed by atoms with Gasteiger partial charge in [-0.15, -0.1) is 0 Å². The van der Waals surface area contributed by atoms with Crippen molar-refractivity contribution < 1.29 is 42.1 Å². The van der Waals surface area contributed by atoms with Gasteiger partial charge >= 0.3 is 11.9 Å². The summed E-state index contributed by atoms with van der Waals surface area (Å²) >= 11 is 0. The molecule has 0 saturated carbocycles. The normalized spacial score (nSPS) is 13.7. The quantitative estimate of drug-likeness (QED) is 0.0200. The van der Waals surface area contributed by atoms with E-state index in [0.717, 1.165) is 51.4 Å². The number of ether oxygens (including phenoxy) is 2. The molecule has 0 amide bonds. The minimum atomic E-state index is -4.62. The molecular formula is C42H82NO8P. The first-order valence-corrected chi connectivity index (χ1v) is 22.9. The summed E-state index contributed by atoms with van der Waals surface area (Å²) in [4.78, 5) is 37.4. The van der Waals surface area contributed by atoms with E-state index in [2.05, 4.69) is 26.0 Å². The average Bonchev–Trinajstić information content (AvgIpc) is 3.09. The van der Waals surface area contributed by atoms with Gasteiger partial charge in [-0.2, -0.15) is 0 Å². The van der Waals surface area contributed by atoms with Crippen molar-refractivity contribution in [3.8, 4) is 0 Å². The van der Waals surface area contributed by atoms with Crippen LogP contribution in [0, 0.1) is 0 Å². The zero-order chi connectivity index (χ0) is 38.6. The molecule has 0 N–H and O–H groups in total. The fourth-order valence-corrected chi connectivity index (χ4v) is 6.61. The maximum Gasteiger partial charge on any atom is 0.306 e. The summed E-state index contributed by atoms with van der Waals surface area (Å²) in [6.07, 6.45) is 35.1. The molecule has 0 fully saturated rings. The summed E-state index contributed by atoms with van der Waals surface area (Å²) in [5.41, 5.74) is 0. The largest absolute Gasteiger partial charge is 0.756 e. The number of phosphoric acid groups is 1. The number of esters is 2. The Morgan fingerprint density at radius 1 is 0.577 bits per heavy atom. The number of phosphoric ester groups is 1. The SMILES string of the molecule is CCCCCCC/C=C/CCCCCCCC(=O)OC[C@H](COP(=O)([O-])OCC[N+](C)(C)C)OC(=O)CCCCCCCCCCCCCCCC. The number of carbonyl (C=O) groups excluding carboxylic acids is 2. The molecule has 1 unspecified atom stereocenters. The van der Waals surface area contributed by atoms with Crippen LogP contribution in [0.5, 0.6) is 0 Å². The molecule has 0 heterocycles. The third-order valence-electron chi connectivity index (χ3n) is 9.29. The van der Waals surface area contributed by atoms with E-state index in [1.54, 1.807) is 0 Å². The molecule has 0 aromatic heterocycles. The molecule has 0 saturated heterocycles. The van der Waals surface area contributed by atoms with Crippen LogP contribution in [0.25, 0.3) is 0 Å². The molecule has 0 rings (SSSR count). The predicted octanol–water partition coefficient (Wildman–Crippen LogP) is 11.2. The van der Waals surface area contributed by atoms with E-state index in [1.807, 2.05) is 21.1 Å². The fraction of sp³-hybridized carbons (Fsp3) is 0.905. The summed E-state index contributed by atoms with van der Waals surface area (Å²) in [7, 11) is 1.17. The van der Waals surface area contributed by atoms with Crippen molar-refractivity contribution in [1.29, 1.82) is 0 Å². The Hall–Kier alpha value is -1.25. The third kappa shape index (κ3) is 38.5. The molecular weight excluding hydrogens is 677 g/mol. The van der Waals surface area contributed by atoms with Crippen LogP contribution >= 0.6 is 7.82 Å². The molecule has 0 aromatic rings. The van der Waals surface area contributed by atoms with Crippen LogP contribution in [0.15, 0.2) is 12.2 Å². The summed E-state index contributed by atoms with van der Waals surface area (Å²) in [5, 5.41) is 0. The van der Waals surface area contributed by atoms with E-state index in [-0.39, 0.29) is 32.0 Å². The Balaban J connectivity index is 4.37. The van der Waals surface area contributed by atoms with Crippen LogP contribution < -0.4 is 4.89 Å². The molecule has 52 heavy (non-hydrogen) atoms. The summed E-state index contributed by atoms with van der Waals surface area (Å²) in [5.74, 6) is -0.837. The topological polar surface area (TPSA) is 111 Å². The van der Waals surface area contributed by atoms with Crippen LogP contribution in [0.3, 0.4) is 0 Å². The van der Waals surface area contributed by atoms with E-state index < -0.39 is 26.5 Å². The van der Waals surface area contributed by atoms with Gasteiger partial charge in [0.25, 0.3) is 7.82 Å². The van der Waals surface area contributed by atoms with E-state index in [4.69, 9.17) is 18.5 Å². The van der Waals surface area contributed by atoms with Crippen molar-refractivity contribution in [1.82, 2.24) is 0 Å². The molecule has 0 spiro atoms. The maximum absolute atomic E-state index is 12.6. The molecule has 0 aromatic carbocycles. The highest BCUT2D eigenvalue weighted by Gasteiger charge is 2.21. The lowest BCUT2D eigenvalue weighted by atomic mass is 10.0. The number of hydrogen-bond donors (Lipinski definition) is 0. The zero-order valence-electron chi connectivity index (χ0n) is 34.5. The number of carbonyl (C=O) groups is 2. The zero-order valence-corrected chi connectivity index (χ0v) is 35.4. The van der Waals surface area contributed by atoms with Gasteiger partial charge in [-0.1, -0.05) is 154 Å². The number of likely N-dealkylation sites (N-methyl/N-ethyl adjacent to an activating group) is 1. The van der Waals surface area contributed by atoms with Gasteiger partial charge in [0.05, 0.1) is 27.7 Å². The van der Waals surface area contributed by atoms with E-state index in [9.17, 15) is 19.0 Å². The number of nitrogens with zero attached hydrogens (tertiary/aromatic N) is 1. The van der Waals surface area contributed by atoms with Crippen molar-refractivity contribution in [3.63, 3.8) is 0 Å². The first-order chi connectivity index (χ1) is 25.0. The molecule has 0 aliphatic heterocycles. The van der Waals surface area contributed by atoms with Gasteiger partial charge in [-0.05, 0) is 38.5 Å². The van der Waals surface area contributed by atoms with Gasteiger partial charge in [0, 0.05) is 12.8 Å². The van der Waals surface area contributed by atoms with E-state index >= 15 is 0 Å². The van der Waals surface area contributed by atoms with Gasteiger partial charge in [0.2, 0.25) is 0 Å². The number of hydrogen-bond acceptors (Lipinski definition) is 8. The second-order valence-corrected chi connectivity index (χ2v) is 17.1. The van der Waals surface area contributed by atoms with Gasteiger partial charge in [-0.25, -0.2) is 0 Å². The van der Waals surface area contributed by atoms with Crippen molar-refractivity contribution in [2.75, 3.05) is 47.5 Å². The predicted molar refractivity (Wildman–Crippen MR) is 213 cm³/mol. The molecule has 0 radical (unpaired) electrons. The average molecular weight is 760 g/mol. The lowest BCUT2D eigenvalue weighted by Gasteiger charge is -2.28. The molecule has 0 bridgehead atoms. The molecule has 9 nitrogen and oxygen atoms in total. The number of allylic oxidation sites excluding steroid dienone is 2. The Kier molecular flexibility index (Phi) is 34.6. The number of quaternary nitrogens is 1. The molecule has 2 atom stereocenters. The van der Waals surface area contributed by atoms with Gasteiger partial charge in [0.1, 0.15) is 19.8 Å². The smallest absolute Gasteiger partial charge is 0.306 e.